The van der Waals surface area contributed by atoms with Gasteiger partial charge in [0.15, 0.2) is 0 Å². The minimum Gasteiger partial charge on any atom is -0.508 e. The predicted molar refractivity (Wildman–Crippen MR) is 93.8 cm³/mol. The summed E-state index contributed by atoms with van der Waals surface area (Å²) in [5, 5.41) is 10.9. The van der Waals surface area contributed by atoms with E-state index in [0.717, 1.165) is 0 Å². The van der Waals surface area contributed by atoms with Crippen LogP contribution in [0.15, 0.2) is 51.7 Å². The number of aromatic hydroxyl groups is 1. The van der Waals surface area contributed by atoms with E-state index in [1.54, 1.807) is 37.3 Å². The normalized spacial score (nSPS) is 10.8. The van der Waals surface area contributed by atoms with Crippen molar-refractivity contribution in [3.8, 4) is 5.75 Å². The summed E-state index contributed by atoms with van der Waals surface area (Å²) in [6.07, 6.45) is 0.0405. The van der Waals surface area contributed by atoms with Gasteiger partial charge in [-0.15, -0.1) is 0 Å². The molecule has 6 heteroatoms. The monoisotopic (exact) mass is 358 g/mol. The van der Waals surface area contributed by atoms with Gasteiger partial charge in [-0.05, 0) is 30.7 Å². The molecule has 3 rings (SSSR count). The number of aryl methyl sites for hydroxylation is 1. The second-order valence-corrected chi connectivity index (χ2v) is 6.01. The molecule has 0 aliphatic carbocycles. The topological polar surface area (TPSA) is 76.7 Å². The summed E-state index contributed by atoms with van der Waals surface area (Å²) >= 11 is 6.03. The average Bonchev–Trinajstić information content (AvgIpc) is 2.58. The van der Waals surface area contributed by atoms with E-state index < -0.39 is 11.6 Å². The van der Waals surface area contributed by atoms with Crippen LogP contribution in [0, 0.1) is 6.92 Å². The molecule has 0 atom stereocenters. The molecule has 0 saturated carbocycles. The molecule has 1 aromatic heterocycles. The molecule has 3 aromatic rings. The van der Waals surface area contributed by atoms with E-state index in [2.05, 4.69) is 0 Å². The van der Waals surface area contributed by atoms with Crippen LogP contribution >= 0.6 is 11.6 Å². The molecular weight excluding hydrogens is 344 g/mol. The van der Waals surface area contributed by atoms with Crippen molar-refractivity contribution in [2.75, 3.05) is 0 Å². The zero-order chi connectivity index (χ0) is 18.0. The molecule has 2 aromatic carbocycles. The Morgan fingerprint density at radius 3 is 2.72 bits per heavy atom. The van der Waals surface area contributed by atoms with Crippen molar-refractivity contribution in [2.45, 2.75) is 20.0 Å². The number of hydrogen-bond donors (Lipinski definition) is 1. The Morgan fingerprint density at radius 1 is 1.20 bits per heavy atom. The largest absolute Gasteiger partial charge is 0.508 e. The number of carbonyl (C=O) groups is 1. The number of halogens is 1. The molecular formula is C19H15ClO5. The molecule has 1 N–H and O–H groups in total. The van der Waals surface area contributed by atoms with Crippen LogP contribution in [0.25, 0.3) is 11.0 Å². The molecule has 0 aliphatic rings. The molecule has 25 heavy (non-hydrogen) atoms. The molecule has 0 bridgehead atoms. The molecule has 0 radical (unpaired) electrons. The summed E-state index contributed by atoms with van der Waals surface area (Å²) in [6.45, 7) is 1.57. The molecule has 0 amide bonds. The van der Waals surface area contributed by atoms with Gasteiger partial charge >= 0.3 is 11.6 Å². The number of esters is 1. The van der Waals surface area contributed by atoms with Gasteiger partial charge in [0.25, 0.3) is 0 Å². The van der Waals surface area contributed by atoms with Gasteiger partial charge in [0.05, 0.1) is 6.42 Å². The molecule has 0 unspecified atom stereocenters. The number of fused-ring (bicyclic) bond motifs is 1. The highest BCUT2D eigenvalue weighted by Crippen LogP contribution is 2.27. The van der Waals surface area contributed by atoms with E-state index in [0.29, 0.717) is 27.1 Å². The maximum absolute atomic E-state index is 12.1. The number of phenolic OH excluding ortho intramolecular Hbond substituents is 1. The number of benzene rings is 2. The van der Waals surface area contributed by atoms with Crippen LogP contribution in [0.3, 0.4) is 0 Å². The van der Waals surface area contributed by atoms with E-state index in [-0.39, 0.29) is 24.4 Å². The van der Waals surface area contributed by atoms with Gasteiger partial charge < -0.3 is 14.3 Å². The van der Waals surface area contributed by atoms with Crippen LogP contribution in [-0.2, 0) is 22.6 Å². The maximum atomic E-state index is 12.1. The highest BCUT2D eigenvalue weighted by atomic mass is 35.5. The number of rotatable bonds is 4. The van der Waals surface area contributed by atoms with E-state index in [1.807, 2.05) is 0 Å². The van der Waals surface area contributed by atoms with Crippen molar-refractivity contribution >= 4 is 28.5 Å². The highest BCUT2D eigenvalue weighted by Gasteiger charge is 2.13. The van der Waals surface area contributed by atoms with Crippen molar-refractivity contribution in [3.05, 3.63) is 74.6 Å². The highest BCUT2D eigenvalue weighted by molar-refractivity contribution is 6.31. The first-order valence-corrected chi connectivity index (χ1v) is 7.98. The number of ether oxygens (including phenoxy) is 1. The minimum atomic E-state index is -0.571. The first kappa shape index (κ1) is 17.0. The summed E-state index contributed by atoms with van der Waals surface area (Å²) in [5.41, 5.74) is 1.36. The summed E-state index contributed by atoms with van der Waals surface area (Å²) in [6, 6.07) is 11.4. The molecule has 0 aliphatic heterocycles. The van der Waals surface area contributed by atoms with Gasteiger partial charge in [0.2, 0.25) is 0 Å². The van der Waals surface area contributed by atoms with Crippen molar-refractivity contribution in [1.29, 1.82) is 0 Å². The second-order valence-electron chi connectivity index (χ2n) is 5.61. The second kappa shape index (κ2) is 6.99. The standard InChI is InChI=1S/C19H15ClO5/c1-11-16(21)7-6-14-13(9-18(23)25-19(11)14)10-24-17(22)8-12-4-2-3-5-15(12)20/h2-7,9,21H,8,10H2,1H3. The van der Waals surface area contributed by atoms with Crippen molar-refractivity contribution in [3.63, 3.8) is 0 Å². The number of carbonyl (C=O) groups excluding carboxylic acids is 1. The van der Waals surface area contributed by atoms with Gasteiger partial charge in [-0.2, -0.15) is 0 Å². The minimum absolute atomic E-state index is 0.0310. The SMILES string of the molecule is Cc1c(O)ccc2c(COC(=O)Cc3ccccc3Cl)cc(=O)oc12. The van der Waals surface area contributed by atoms with Crippen LogP contribution in [-0.4, -0.2) is 11.1 Å². The summed E-state index contributed by atoms with van der Waals surface area (Å²) in [7, 11) is 0. The third-order valence-electron chi connectivity index (χ3n) is 3.90. The average molecular weight is 359 g/mol. The van der Waals surface area contributed by atoms with Crippen LogP contribution in [0.1, 0.15) is 16.7 Å². The third kappa shape index (κ3) is 3.67. The Hall–Kier alpha value is -2.79. The van der Waals surface area contributed by atoms with Crippen LogP contribution in [0.2, 0.25) is 5.02 Å². The van der Waals surface area contributed by atoms with Crippen LogP contribution in [0.4, 0.5) is 0 Å². The Morgan fingerprint density at radius 2 is 1.96 bits per heavy atom. The zero-order valence-corrected chi connectivity index (χ0v) is 14.2. The van der Waals surface area contributed by atoms with Gasteiger partial charge in [-0.3, -0.25) is 4.79 Å². The lowest BCUT2D eigenvalue weighted by Crippen LogP contribution is -2.10. The van der Waals surface area contributed by atoms with Crippen molar-refractivity contribution in [1.82, 2.24) is 0 Å². The number of hydrogen-bond acceptors (Lipinski definition) is 5. The summed E-state index contributed by atoms with van der Waals surface area (Å²) in [5.74, 6) is -0.423. The van der Waals surface area contributed by atoms with Gasteiger partial charge in [-0.1, -0.05) is 29.8 Å². The Kier molecular flexibility index (Phi) is 4.76. The van der Waals surface area contributed by atoms with Gasteiger partial charge in [-0.25, -0.2) is 4.79 Å². The zero-order valence-electron chi connectivity index (χ0n) is 13.4. The van der Waals surface area contributed by atoms with E-state index >= 15 is 0 Å². The lowest BCUT2D eigenvalue weighted by Gasteiger charge is -2.09. The molecule has 1 heterocycles. The summed E-state index contributed by atoms with van der Waals surface area (Å²) < 4.78 is 10.4. The van der Waals surface area contributed by atoms with Gasteiger partial charge in [0.1, 0.15) is 17.9 Å². The maximum Gasteiger partial charge on any atom is 0.336 e. The van der Waals surface area contributed by atoms with E-state index in [9.17, 15) is 14.7 Å². The molecule has 0 spiro atoms. The fourth-order valence-corrected chi connectivity index (χ4v) is 2.74. The quantitative estimate of drug-likeness (QED) is 0.567. The Bertz CT molecular complexity index is 1010. The number of phenols is 1. The van der Waals surface area contributed by atoms with Crippen LogP contribution in [0.5, 0.6) is 5.75 Å². The van der Waals surface area contributed by atoms with E-state index in [4.69, 9.17) is 20.8 Å². The first-order valence-electron chi connectivity index (χ1n) is 7.60. The van der Waals surface area contributed by atoms with Crippen molar-refractivity contribution in [2.24, 2.45) is 0 Å². The van der Waals surface area contributed by atoms with E-state index in [1.165, 1.54) is 12.1 Å². The lowest BCUT2D eigenvalue weighted by molar-refractivity contribution is -0.144. The third-order valence-corrected chi connectivity index (χ3v) is 4.27. The molecule has 128 valence electrons. The molecule has 0 saturated heterocycles. The fraction of sp³-hybridized carbons (Fsp3) is 0.158. The Balaban J connectivity index is 1.82. The van der Waals surface area contributed by atoms with Crippen molar-refractivity contribution < 1.29 is 19.1 Å². The van der Waals surface area contributed by atoms with Gasteiger partial charge in [0, 0.05) is 27.6 Å². The van der Waals surface area contributed by atoms with Crippen LogP contribution < -0.4 is 5.63 Å². The lowest BCUT2D eigenvalue weighted by atomic mass is 10.1. The summed E-state index contributed by atoms with van der Waals surface area (Å²) in [4.78, 5) is 23.8. The smallest absolute Gasteiger partial charge is 0.336 e. The molecule has 5 nitrogen and oxygen atoms in total. The fourth-order valence-electron chi connectivity index (χ4n) is 2.54. The first-order chi connectivity index (χ1) is 12.0. The predicted octanol–water partition coefficient (Wildman–Crippen LogP) is 3.75. The molecule has 0 fully saturated rings. The Labute approximate surface area is 148 Å².